The molecule has 2 N–H and O–H groups in total. The fourth-order valence-corrected chi connectivity index (χ4v) is 2.56. The minimum atomic E-state index is -0.565. The molecular formula is C18H16FN3O4. The van der Waals surface area contributed by atoms with Crippen LogP contribution < -0.4 is 10.1 Å². The van der Waals surface area contributed by atoms with Gasteiger partial charge in [0.2, 0.25) is 0 Å². The van der Waals surface area contributed by atoms with Crippen molar-refractivity contribution in [1.82, 2.24) is 9.97 Å². The van der Waals surface area contributed by atoms with Gasteiger partial charge in [-0.15, -0.1) is 0 Å². The number of aromatic hydroxyl groups is 1. The smallest absolute Gasteiger partial charge is 0.338 e. The predicted octanol–water partition coefficient (Wildman–Crippen LogP) is 3.32. The molecule has 0 saturated carbocycles. The first kappa shape index (κ1) is 17.4. The van der Waals surface area contributed by atoms with E-state index in [1.807, 2.05) is 0 Å². The summed E-state index contributed by atoms with van der Waals surface area (Å²) in [7, 11) is 2.68. The van der Waals surface area contributed by atoms with Crippen LogP contribution in [0.25, 0.3) is 10.9 Å². The van der Waals surface area contributed by atoms with Crippen LogP contribution in [0.2, 0.25) is 0 Å². The third kappa shape index (κ3) is 3.08. The summed E-state index contributed by atoms with van der Waals surface area (Å²) in [5, 5.41) is 13.2. The first-order chi connectivity index (χ1) is 12.4. The molecule has 0 aliphatic rings. The molecule has 26 heavy (non-hydrogen) atoms. The number of ether oxygens (including phenoxy) is 2. The van der Waals surface area contributed by atoms with Gasteiger partial charge in [0.05, 0.1) is 31.0 Å². The van der Waals surface area contributed by atoms with Crippen LogP contribution in [0.3, 0.4) is 0 Å². The molecule has 0 fully saturated rings. The van der Waals surface area contributed by atoms with Crippen LogP contribution in [0.5, 0.6) is 11.5 Å². The lowest BCUT2D eigenvalue weighted by Gasteiger charge is -2.13. The number of hydrogen-bond donors (Lipinski definition) is 2. The number of aromatic nitrogens is 2. The van der Waals surface area contributed by atoms with E-state index in [2.05, 4.69) is 15.3 Å². The lowest BCUT2D eigenvalue weighted by molar-refractivity contribution is 0.0600. The zero-order chi connectivity index (χ0) is 18.8. The highest BCUT2D eigenvalue weighted by atomic mass is 19.1. The summed E-state index contributed by atoms with van der Waals surface area (Å²) in [4.78, 5) is 20.0. The Kier molecular flexibility index (Phi) is 4.57. The molecule has 0 saturated heterocycles. The highest BCUT2D eigenvalue weighted by molar-refractivity contribution is 5.95. The molecule has 3 aromatic rings. The molecule has 0 unspecified atom stereocenters. The highest BCUT2D eigenvalue weighted by Gasteiger charge is 2.16. The number of carbonyl (C=O) groups excluding carboxylic acids is 1. The minimum Gasteiger partial charge on any atom is -0.504 e. The van der Waals surface area contributed by atoms with Gasteiger partial charge in [0.25, 0.3) is 0 Å². The second kappa shape index (κ2) is 6.83. The summed E-state index contributed by atoms with van der Waals surface area (Å²) in [6.45, 7) is 1.62. The number of anilines is 2. The second-order valence-electron chi connectivity index (χ2n) is 5.53. The molecule has 1 heterocycles. The molecule has 0 atom stereocenters. The molecule has 0 aliphatic carbocycles. The zero-order valence-corrected chi connectivity index (χ0v) is 14.3. The summed E-state index contributed by atoms with van der Waals surface area (Å²) in [6, 6.07) is 5.57. The number of carbonyl (C=O) groups is 1. The van der Waals surface area contributed by atoms with E-state index in [0.29, 0.717) is 22.3 Å². The van der Waals surface area contributed by atoms with Crippen molar-refractivity contribution in [1.29, 1.82) is 0 Å². The summed E-state index contributed by atoms with van der Waals surface area (Å²) >= 11 is 0. The number of nitrogens with zero attached hydrogens (tertiary/aromatic N) is 2. The Hall–Kier alpha value is -3.42. The Morgan fingerprint density at radius 3 is 2.65 bits per heavy atom. The molecule has 0 aliphatic heterocycles. The fourth-order valence-electron chi connectivity index (χ4n) is 2.56. The maximum absolute atomic E-state index is 14.4. The van der Waals surface area contributed by atoms with Crippen molar-refractivity contribution in [3.8, 4) is 11.5 Å². The van der Waals surface area contributed by atoms with E-state index in [9.17, 15) is 14.3 Å². The van der Waals surface area contributed by atoms with Gasteiger partial charge >= 0.3 is 5.97 Å². The fraction of sp³-hybridized carbons (Fsp3) is 0.167. The first-order valence-corrected chi connectivity index (χ1v) is 7.61. The molecule has 134 valence electrons. The lowest BCUT2D eigenvalue weighted by atomic mass is 10.1. The van der Waals surface area contributed by atoms with Crippen LogP contribution >= 0.6 is 0 Å². The van der Waals surface area contributed by atoms with Crippen LogP contribution in [0.15, 0.2) is 30.6 Å². The average molecular weight is 357 g/mol. The number of benzene rings is 2. The topological polar surface area (TPSA) is 93.6 Å². The molecular weight excluding hydrogens is 341 g/mol. The van der Waals surface area contributed by atoms with Gasteiger partial charge in [-0.3, -0.25) is 0 Å². The standard InChI is InChI=1S/C18H16FN3O4/c1-9-4-12(19)14(5-10(9)18(24)26-3)22-17-11-6-16(25-2)15(23)7-13(11)20-8-21-17/h4-8,23H,1-3H3,(H,20,21,22). The van der Waals surface area contributed by atoms with E-state index in [1.54, 1.807) is 13.0 Å². The summed E-state index contributed by atoms with van der Waals surface area (Å²) in [5.41, 5.74) is 1.20. The molecule has 2 aromatic carbocycles. The van der Waals surface area contributed by atoms with Crippen molar-refractivity contribution in [2.24, 2.45) is 0 Å². The van der Waals surface area contributed by atoms with Gasteiger partial charge in [0.1, 0.15) is 18.0 Å². The van der Waals surface area contributed by atoms with Crippen LogP contribution in [0.4, 0.5) is 15.9 Å². The third-order valence-electron chi connectivity index (χ3n) is 3.91. The van der Waals surface area contributed by atoms with E-state index >= 15 is 0 Å². The second-order valence-corrected chi connectivity index (χ2v) is 5.53. The molecule has 0 amide bonds. The predicted molar refractivity (Wildman–Crippen MR) is 93.5 cm³/mol. The Morgan fingerprint density at radius 1 is 1.19 bits per heavy atom. The Morgan fingerprint density at radius 2 is 1.96 bits per heavy atom. The van der Waals surface area contributed by atoms with Crippen molar-refractivity contribution >= 4 is 28.4 Å². The van der Waals surface area contributed by atoms with E-state index in [-0.39, 0.29) is 22.7 Å². The number of nitrogens with one attached hydrogen (secondary N) is 1. The molecule has 8 heteroatoms. The van der Waals surface area contributed by atoms with Gasteiger partial charge in [-0.25, -0.2) is 19.2 Å². The number of phenols is 1. The number of rotatable bonds is 4. The Labute approximate surface area is 148 Å². The van der Waals surface area contributed by atoms with Gasteiger partial charge in [-0.05, 0) is 30.7 Å². The quantitative estimate of drug-likeness (QED) is 0.692. The average Bonchev–Trinajstić information content (AvgIpc) is 2.62. The van der Waals surface area contributed by atoms with Crippen molar-refractivity contribution < 1.29 is 23.8 Å². The number of hydrogen-bond acceptors (Lipinski definition) is 7. The number of methoxy groups -OCH3 is 2. The van der Waals surface area contributed by atoms with Crippen molar-refractivity contribution in [2.45, 2.75) is 6.92 Å². The number of esters is 1. The van der Waals surface area contributed by atoms with Crippen LogP contribution in [0, 0.1) is 12.7 Å². The molecule has 0 bridgehead atoms. The maximum atomic E-state index is 14.4. The van der Waals surface area contributed by atoms with E-state index in [1.165, 1.54) is 38.7 Å². The monoisotopic (exact) mass is 357 g/mol. The van der Waals surface area contributed by atoms with Crippen LogP contribution in [-0.4, -0.2) is 35.3 Å². The van der Waals surface area contributed by atoms with Crippen LogP contribution in [0.1, 0.15) is 15.9 Å². The Balaban J connectivity index is 2.10. The summed E-state index contributed by atoms with van der Waals surface area (Å²) in [6.07, 6.45) is 1.28. The van der Waals surface area contributed by atoms with Crippen LogP contribution in [-0.2, 0) is 4.74 Å². The number of halogens is 1. The SMILES string of the molecule is COC(=O)c1cc(Nc2ncnc3cc(O)c(OC)cc23)c(F)cc1C. The molecule has 7 nitrogen and oxygen atoms in total. The number of fused-ring (bicyclic) bond motifs is 1. The van der Waals surface area contributed by atoms with Gasteiger partial charge in [-0.1, -0.05) is 0 Å². The van der Waals surface area contributed by atoms with Gasteiger partial charge < -0.3 is 19.9 Å². The first-order valence-electron chi connectivity index (χ1n) is 7.61. The number of aryl methyl sites for hydroxylation is 1. The Bertz CT molecular complexity index is 1010. The lowest BCUT2D eigenvalue weighted by Crippen LogP contribution is -2.07. The molecule has 0 spiro atoms. The summed E-state index contributed by atoms with van der Waals surface area (Å²) < 4.78 is 24.2. The van der Waals surface area contributed by atoms with Gasteiger partial charge in [0.15, 0.2) is 11.5 Å². The zero-order valence-electron chi connectivity index (χ0n) is 14.3. The summed E-state index contributed by atoms with van der Waals surface area (Å²) in [5.74, 6) is -0.654. The van der Waals surface area contributed by atoms with Crippen molar-refractivity contribution in [3.05, 3.63) is 47.5 Å². The van der Waals surface area contributed by atoms with Crippen molar-refractivity contribution in [3.63, 3.8) is 0 Å². The molecule has 3 rings (SSSR count). The largest absolute Gasteiger partial charge is 0.504 e. The van der Waals surface area contributed by atoms with Gasteiger partial charge in [0, 0.05) is 11.5 Å². The van der Waals surface area contributed by atoms with Gasteiger partial charge in [-0.2, -0.15) is 0 Å². The van der Waals surface area contributed by atoms with E-state index in [0.717, 1.165) is 0 Å². The third-order valence-corrected chi connectivity index (χ3v) is 3.91. The van der Waals surface area contributed by atoms with Crippen molar-refractivity contribution in [2.75, 3.05) is 19.5 Å². The van der Waals surface area contributed by atoms with E-state index < -0.39 is 11.8 Å². The van der Waals surface area contributed by atoms with E-state index in [4.69, 9.17) is 9.47 Å². The highest BCUT2D eigenvalue weighted by Crippen LogP contribution is 2.34. The molecule has 0 radical (unpaired) electrons. The molecule has 1 aromatic heterocycles. The maximum Gasteiger partial charge on any atom is 0.338 e. The number of phenolic OH excluding ortho intramolecular Hbond substituents is 1. The minimum absolute atomic E-state index is 0.0584. The normalized spacial score (nSPS) is 10.6.